The number of allylic oxidation sites excluding steroid dienone is 3. The molecule has 2 amide bonds. The Morgan fingerprint density at radius 3 is 2.36 bits per heavy atom. The van der Waals surface area contributed by atoms with Gasteiger partial charge in [0, 0.05) is 61.9 Å². The maximum absolute atomic E-state index is 13.8. The third-order valence-corrected chi connectivity index (χ3v) is 10.0. The Hall–Kier alpha value is -6.89. The fraction of sp³-hybridized carbons (Fsp3) is 0.233. The van der Waals surface area contributed by atoms with Crippen LogP contribution in [0.2, 0.25) is 0 Å². The van der Waals surface area contributed by atoms with Gasteiger partial charge in [-0.1, -0.05) is 36.9 Å². The van der Waals surface area contributed by atoms with Crippen molar-refractivity contribution in [3.63, 3.8) is 0 Å². The van der Waals surface area contributed by atoms with Crippen molar-refractivity contribution in [1.82, 2.24) is 4.90 Å². The van der Waals surface area contributed by atoms with Crippen molar-refractivity contribution in [2.45, 2.75) is 39.0 Å². The molecule has 286 valence electrons. The van der Waals surface area contributed by atoms with E-state index >= 15 is 0 Å². The Bertz CT molecular complexity index is 2350. The van der Waals surface area contributed by atoms with Crippen LogP contribution >= 0.6 is 0 Å². The minimum Gasteiger partial charge on any atom is -0.493 e. The smallest absolute Gasteiger partial charge is 0.270 e. The highest BCUT2D eigenvalue weighted by atomic mass is 16.6. The van der Waals surface area contributed by atoms with Crippen LogP contribution in [0.15, 0.2) is 108 Å². The van der Waals surface area contributed by atoms with Crippen LogP contribution in [-0.2, 0) is 19.6 Å². The number of para-hydroxylation sites is 1. The summed E-state index contributed by atoms with van der Waals surface area (Å²) < 4.78 is 23.6. The van der Waals surface area contributed by atoms with E-state index in [0.29, 0.717) is 76.0 Å². The van der Waals surface area contributed by atoms with E-state index in [-0.39, 0.29) is 36.8 Å². The average molecular weight is 756 g/mol. The van der Waals surface area contributed by atoms with E-state index in [1.807, 2.05) is 43.3 Å². The van der Waals surface area contributed by atoms with Crippen molar-refractivity contribution in [1.29, 1.82) is 0 Å². The number of anilines is 2. The highest BCUT2D eigenvalue weighted by Gasteiger charge is 2.36. The molecule has 4 aromatic rings. The Morgan fingerprint density at radius 2 is 1.70 bits per heavy atom. The molecule has 0 saturated carbocycles. The van der Waals surface area contributed by atoms with Crippen molar-refractivity contribution >= 4 is 40.8 Å². The normalized spacial score (nSPS) is 15.6. The summed E-state index contributed by atoms with van der Waals surface area (Å²) >= 11 is 0. The van der Waals surface area contributed by atoms with E-state index in [1.54, 1.807) is 59.5 Å². The van der Waals surface area contributed by atoms with Crippen LogP contribution in [0.5, 0.6) is 23.0 Å². The number of benzene rings is 4. The standard InChI is InChI=1S/C43H41N5O8/c1-6-10-36-28(7-2)13-14-46(36)42(49)32-19-38(53-4)40(21-34(32)44-3)55-24-26-15-27(17-30(16-26)48(51)52)25-56-41-22-35-33(20-39(41)54-5)43(50)47-31(23-45-35)18-29-11-8-9-12-37(29)47/h6-12,15-17,19-23,31,44H,2,13-14,18,24-25H2,1,3-5H3/b10-6-. The molecule has 1 atom stereocenters. The number of rotatable bonds is 13. The number of aliphatic imine (C=N–C) groups is 1. The number of non-ortho nitro benzene ring substituents is 1. The van der Waals surface area contributed by atoms with Gasteiger partial charge in [-0.05, 0) is 65.9 Å². The van der Waals surface area contributed by atoms with Gasteiger partial charge in [0.2, 0.25) is 0 Å². The topological polar surface area (TPSA) is 145 Å². The highest BCUT2D eigenvalue weighted by molar-refractivity contribution is 6.14. The fourth-order valence-electron chi connectivity index (χ4n) is 7.31. The molecule has 7 rings (SSSR count). The van der Waals surface area contributed by atoms with Crippen LogP contribution in [0, 0.1) is 10.1 Å². The van der Waals surface area contributed by atoms with E-state index in [1.165, 1.54) is 26.4 Å². The summed E-state index contributed by atoms with van der Waals surface area (Å²) in [6.07, 6.45) is 8.70. The van der Waals surface area contributed by atoms with Crippen LogP contribution in [0.3, 0.4) is 0 Å². The molecule has 3 aliphatic heterocycles. The largest absolute Gasteiger partial charge is 0.493 e. The zero-order chi connectivity index (χ0) is 39.5. The molecular weight excluding hydrogens is 714 g/mol. The first-order valence-electron chi connectivity index (χ1n) is 18.1. The fourth-order valence-corrected chi connectivity index (χ4v) is 7.31. The number of carbonyl (C=O) groups excluding carboxylic acids is 2. The maximum atomic E-state index is 13.8. The molecule has 4 aromatic carbocycles. The quantitative estimate of drug-likeness (QED) is 0.106. The number of hydrogen-bond donors (Lipinski definition) is 1. The van der Waals surface area contributed by atoms with Crippen LogP contribution in [0.4, 0.5) is 22.7 Å². The Labute approximate surface area is 324 Å². The molecule has 0 aliphatic carbocycles. The third-order valence-electron chi connectivity index (χ3n) is 10.0. The maximum Gasteiger partial charge on any atom is 0.270 e. The minimum absolute atomic E-state index is 0.0513. The van der Waals surface area contributed by atoms with Gasteiger partial charge in [-0.2, -0.15) is 0 Å². The molecule has 13 heteroatoms. The zero-order valence-corrected chi connectivity index (χ0v) is 31.5. The molecule has 3 aliphatic rings. The second-order valence-corrected chi connectivity index (χ2v) is 13.3. The summed E-state index contributed by atoms with van der Waals surface area (Å²) in [5.74, 6) is 0.908. The van der Waals surface area contributed by atoms with Crippen LogP contribution in [0.1, 0.15) is 50.8 Å². The molecular formula is C43H41N5O8. The van der Waals surface area contributed by atoms with Crippen LogP contribution in [0.25, 0.3) is 0 Å². The molecule has 1 unspecified atom stereocenters. The summed E-state index contributed by atoms with van der Waals surface area (Å²) in [5.41, 5.74) is 6.33. The molecule has 0 bridgehead atoms. The summed E-state index contributed by atoms with van der Waals surface area (Å²) in [6, 6.07) is 18.8. The Kier molecular flexibility index (Phi) is 10.6. The molecule has 3 heterocycles. The van der Waals surface area contributed by atoms with Gasteiger partial charge in [-0.3, -0.25) is 29.6 Å². The molecule has 0 saturated heterocycles. The number of nitrogens with one attached hydrogen (secondary N) is 1. The van der Waals surface area contributed by atoms with Crippen molar-refractivity contribution < 1.29 is 33.5 Å². The molecule has 56 heavy (non-hydrogen) atoms. The zero-order valence-electron chi connectivity index (χ0n) is 31.5. The number of carbonyl (C=O) groups is 2. The predicted molar refractivity (Wildman–Crippen MR) is 214 cm³/mol. The number of nitrogens with zero attached hydrogens (tertiary/aromatic N) is 4. The number of amides is 2. The highest BCUT2D eigenvalue weighted by Crippen LogP contribution is 2.42. The number of ether oxygens (including phenoxy) is 4. The minimum atomic E-state index is -0.479. The van der Waals surface area contributed by atoms with Crippen molar-refractivity contribution in [2.75, 3.05) is 38.0 Å². The van der Waals surface area contributed by atoms with Crippen molar-refractivity contribution in [2.24, 2.45) is 4.99 Å². The van der Waals surface area contributed by atoms with Gasteiger partial charge in [-0.25, -0.2) is 0 Å². The summed E-state index contributed by atoms with van der Waals surface area (Å²) in [5, 5.41) is 15.1. The van der Waals surface area contributed by atoms with E-state index in [4.69, 9.17) is 18.9 Å². The lowest BCUT2D eigenvalue weighted by molar-refractivity contribution is -0.385. The monoisotopic (exact) mass is 755 g/mol. The molecule has 0 aromatic heterocycles. The second-order valence-electron chi connectivity index (χ2n) is 13.3. The van der Waals surface area contributed by atoms with Gasteiger partial charge in [0.25, 0.3) is 17.5 Å². The van der Waals surface area contributed by atoms with Crippen molar-refractivity contribution in [3.8, 4) is 23.0 Å². The van der Waals surface area contributed by atoms with E-state index in [2.05, 4.69) is 16.9 Å². The van der Waals surface area contributed by atoms with Gasteiger partial charge in [-0.15, -0.1) is 0 Å². The SMILES string of the molecule is C=CC1=C(/C=C\C)N(C(=O)c2cc(OC)c(OCc3cc(COc4cc5c(cc4OC)C(=O)N4c6ccccc6CC4C=N5)cc([N+](=O)[O-])c3)cc2NC)CC1. The van der Waals surface area contributed by atoms with E-state index in [0.717, 1.165) is 22.5 Å². The molecule has 0 spiro atoms. The van der Waals surface area contributed by atoms with Gasteiger partial charge in [0.05, 0.1) is 47.7 Å². The lowest BCUT2D eigenvalue weighted by atomic mass is 10.1. The van der Waals surface area contributed by atoms with Crippen molar-refractivity contribution in [3.05, 3.63) is 141 Å². The molecule has 0 fully saturated rings. The van der Waals surface area contributed by atoms with E-state index in [9.17, 15) is 19.7 Å². The summed E-state index contributed by atoms with van der Waals surface area (Å²) in [6.45, 7) is 6.21. The van der Waals surface area contributed by atoms with E-state index < -0.39 is 4.92 Å². The van der Waals surface area contributed by atoms with Gasteiger partial charge in [0.15, 0.2) is 23.0 Å². The lowest BCUT2D eigenvalue weighted by Gasteiger charge is -2.22. The number of nitro groups is 1. The molecule has 0 radical (unpaired) electrons. The molecule has 13 nitrogen and oxygen atoms in total. The first-order chi connectivity index (χ1) is 27.2. The Morgan fingerprint density at radius 1 is 1.00 bits per heavy atom. The molecule has 1 N–H and O–H groups in total. The number of methoxy groups -OCH3 is 2. The number of fused-ring (bicyclic) bond motifs is 4. The number of nitro benzene ring substituents is 1. The van der Waals surface area contributed by atoms with Gasteiger partial charge >= 0.3 is 0 Å². The second kappa shape index (κ2) is 15.8. The summed E-state index contributed by atoms with van der Waals surface area (Å²) in [4.78, 5) is 47.3. The van der Waals surface area contributed by atoms with Crippen LogP contribution < -0.4 is 29.2 Å². The predicted octanol–water partition coefficient (Wildman–Crippen LogP) is 7.96. The van der Waals surface area contributed by atoms with Gasteiger partial charge < -0.3 is 29.2 Å². The first-order valence-corrected chi connectivity index (χ1v) is 18.1. The van der Waals surface area contributed by atoms with Gasteiger partial charge in [0.1, 0.15) is 13.2 Å². The third kappa shape index (κ3) is 7.06. The lowest BCUT2D eigenvalue weighted by Crippen LogP contribution is -2.37. The number of hydrogen-bond acceptors (Lipinski definition) is 10. The summed E-state index contributed by atoms with van der Waals surface area (Å²) in [7, 11) is 4.67. The Balaban J connectivity index is 1.11. The van der Waals surface area contributed by atoms with Crippen LogP contribution in [-0.4, -0.2) is 61.7 Å². The first kappa shape index (κ1) is 37.4. The average Bonchev–Trinajstić information content (AvgIpc) is 3.77.